The van der Waals surface area contributed by atoms with Crippen molar-refractivity contribution in [2.75, 3.05) is 14.1 Å². The molecule has 0 N–H and O–H groups in total. The average Bonchev–Trinajstić information content (AvgIpc) is 3.21. The number of nitrogens with zero attached hydrogens (tertiary/aromatic N) is 1. The molecule has 0 amide bonds. The molecule has 2 aromatic rings. The third-order valence-corrected chi connectivity index (χ3v) is 9.56. The van der Waals surface area contributed by atoms with E-state index in [1.165, 1.54) is 37.7 Å². The lowest BCUT2D eigenvalue weighted by Gasteiger charge is -2.61. The number of aryl methyl sites for hydroxylation is 1. The molecule has 0 radical (unpaired) electrons. The Morgan fingerprint density at radius 3 is 2.34 bits per heavy atom. The molecule has 2 atom stereocenters. The summed E-state index contributed by atoms with van der Waals surface area (Å²) < 4.78 is 36.8. The van der Waals surface area contributed by atoms with Gasteiger partial charge >= 0.3 is 5.97 Å². The van der Waals surface area contributed by atoms with E-state index in [-0.39, 0.29) is 23.1 Å². The Balaban J connectivity index is 1.34. The zero-order chi connectivity index (χ0) is 22.7. The molecule has 7 heteroatoms. The van der Waals surface area contributed by atoms with Crippen LogP contribution in [0.15, 0.2) is 45.9 Å². The lowest BCUT2D eigenvalue weighted by atomic mass is 9.43. The van der Waals surface area contributed by atoms with Crippen LogP contribution in [-0.2, 0) is 31.6 Å². The first-order valence-electron chi connectivity index (χ1n) is 11.4. The summed E-state index contributed by atoms with van der Waals surface area (Å²) in [4.78, 5) is 13.4. The van der Waals surface area contributed by atoms with Gasteiger partial charge in [-0.3, -0.25) is 4.79 Å². The average molecular weight is 458 g/mol. The van der Waals surface area contributed by atoms with E-state index in [1.807, 2.05) is 0 Å². The molecule has 2 unspecified atom stereocenters. The van der Waals surface area contributed by atoms with Crippen LogP contribution in [0.5, 0.6) is 0 Å². The number of carbonyl (C=O) groups excluding carboxylic acids is 1. The number of ether oxygens (including phenoxy) is 1. The minimum absolute atomic E-state index is 0.0452. The zero-order valence-electron chi connectivity index (χ0n) is 19.0. The van der Waals surface area contributed by atoms with Crippen molar-refractivity contribution in [3.63, 3.8) is 0 Å². The number of carbonyl (C=O) groups is 1. The lowest BCUT2D eigenvalue weighted by molar-refractivity contribution is -0.176. The van der Waals surface area contributed by atoms with Crippen LogP contribution in [0.2, 0.25) is 0 Å². The molecule has 6 nitrogen and oxygen atoms in total. The van der Waals surface area contributed by atoms with E-state index in [0.29, 0.717) is 17.6 Å². The van der Waals surface area contributed by atoms with Gasteiger partial charge in [0, 0.05) is 14.1 Å². The smallest absolute Gasteiger partial charge is 0.312 e. The normalized spacial score (nSPS) is 31.2. The van der Waals surface area contributed by atoms with E-state index in [0.717, 1.165) is 36.4 Å². The fourth-order valence-corrected chi connectivity index (χ4v) is 7.60. The van der Waals surface area contributed by atoms with Crippen LogP contribution in [0, 0.1) is 24.2 Å². The summed E-state index contributed by atoms with van der Waals surface area (Å²) in [5.74, 6) is 1.31. The maximum Gasteiger partial charge on any atom is 0.312 e. The van der Waals surface area contributed by atoms with Crippen LogP contribution in [-0.4, -0.2) is 32.8 Å². The molecule has 32 heavy (non-hydrogen) atoms. The fourth-order valence-electron chi connectivity index (χ4n) is 6.79. The van der Waals surface area contributed by atoms with Gasteiger partial charge in [-0.15, -0.1) is 0 Å². The third-order valence-electron chi connectivity index (χ3n) is 7.88. The van der Waals surface area contributed by atoms with E-state index in [1.54, 1.807) is 6.07 Å². The highest BCUT2D eigenvalue weighted by molar-refractivity contribution is 7.88. The molecule has 1 aromatic carbocycles. The van der Waals surface area contributed by atoms with Crippen molar-refractivity contribution in [2.24, 2.45) is 17.3 Å². The van der Waals surface area contributed by atoms with Gasteiger partial charge in [-0.2, -0.15) is 0 Å². The first-order chi connectivity index (χ1) is 15.1. The van der Waals surface area contributed by atoms with Crippen LogP contribution >= 0.6 is 0 Å². The molecule has 4 saturated carbocycles. The SMILES string of the molecule is Cc1ccc(C23CC4CC(CC(C(=O)OCc5ccc(S(=O)(=O)N(C)C)o5)(C4)C2)C3)cc1. The van der Waals surface area contributed by atoms with Crippen molar-refractivity contribution >= 4 is 16.0 Å². The van der Waals surface area contributed by atoms with Gasteiger partial charge in [0.1, 0.15) is 12.4 Å². The van der Waals surface area contributed by atoms with E-state index >= 15 is 0 Å². The monoisotopic (exact) mass is 457 g/mol. The second kappa shape index (κ2) is 7.45. The molecule has 4 aliphatic carbocycles. The lowest BCUT2D eigenvalue weighted by Crippen LogP contribution is -2.57. The molecular formula is C25H31NO5S. The van der Waals surface area contributed by atoms with Gasteiger partial charge in [-0.05, 0) is 80.4 Å². The highest BCUT2D eigenvalue weighted by atomic mass is 32.2. The Morgan fingerprint density at radius 2 is 1.72 bits per heavy atom. The molecular weight excluding hydrogens is 426 g/mol. The number of hydrogen-bond donors (Lipinski definition) is 0. The summed E-state index contributed by atoms with van der Waals surface area (Å²) in [5, 5.41) is -0.137. The predicted molar refractivity (Wildman–Crippen MR) is 119 cm³/mol. The van der Waals surface area contributed by atoms with E-state index < -0.39 is 15.4 Å². The Morgan fingerprint density at radius 1 is 1.06 bits per heavy atom. The van der Waals surface area contributed by atoms with Gasteiger partial charge in [0.05, 0.1) is 5.41 Å². The second-order valence-corrected chi connectivity index (χ2v) is 12.6. The summed E-state index contributed by atoms with van der Waals surface area (Å²) >= 11 is 0. The molecule has 6 rings (SSSR count). The number of sulfonamides is 1. The quantitative estimate of drug-likeness (QED) is 0.600. The van der Waals surface area contributed by atoms with Crippen molar-refractivity contribution in [1.29, 1.82) is 0 Å². The molecule has 1 aromatic heterocycles. The van der Waals surface area contributed by atoms with Crippen molar-refractivity contribution < 1.29 is 22.4 Å². The van der Waals surface area contributed by atoms with E-state index in [9.17, 15) is 13.2 Å². The van der Waals surface area contributed by atoms with Gasteiger partial charge in [-0.25, -0.2) is 12.7 Å². The van der Waals surface area contributed by atoms with E-state index in [4.69, 9.17) is 9.15 Å². The van der Waals surface area contributed by atoms with Crippen molar-refractivity contribution in [1.82, 2.24) is 4.31 Å². The van der Waals surface area contributed by atoms with Gasteiger partial charge < -0.3 is 9.15 Å². The molecule has 172 valence electrons. The van der Waals surface area contributed by atoms with Crippen LogP contribution in [0.3, 0.4) is 0 Å². The molecule has 1 heterocycles. The van der Waals surface area contributed by atoms with E-state index in [2.05, 4.69) is 31.2 Å². The molecule has 4 fully saturated rings. The van der Waals surface area contributed by atoms with Crippen molar-refractivity contribution in [2.45, 2.75) is 62.6 Å². The first-order valence-corrected chi connectivity index (χ1v) is 12.8. The number of hydrogen-bond acceptors (Lipinski definition) is 5. The highest BCUT2D eigenvalue weighted by Gasteiger charge is 2.61. The van der Waals surface area contributed by atoms with Gasteiger partial charge in [0.25, 0.3) is 10.0 Å². The predicted octanol–water partition coefficient (Wildman–Crippen LogP) is 4.42. The van der Waals surface area contributed by atoms with Crippen LogP contribution in [0.25, 0.3) is 0 Å². The minimum Gasteiger partial charge on any atom is -0.457 e. The van der Waals surface area contributed by atoms with Crippen molar-refractivity contribution in [3.05, 3.63) is 53.3 Å². The standard InChI is InChI=1S/C25H31NO5S/c1-17-4-6-20(7-5-17)24-11-18-10-19(12-24)14-25(13-18,16-24)23(27)30-15-21-8-9-22(31-21)32(28,29)26(2)3/h4-9,18-19H,10-16H2,1-3H3. The fraction of sp³-hybridized carbons (Fsp3) is 0.560. The zero-order valence-corrected chi connectivity index (χ0v) is 19.8. The number of benzene rings is 1. The minimum atomic E-state index is -3.65. The van der Waals surface area contributed by atoms with Crippen molar-refractivity contribution in [3.8, 4) is 0 Å². The summed E-state index contributed by atoms with van der Waals surface area (Å²) in [6.07, 6.45) is 6.17. The molecule has 0 saturated heterocycles. The maximum absolute atomic E-state index is 13.4. The Bertz CT molecular complexity index is 1120. The van der Waals surface area contributed by atoms with Gasteiger partial charge in [-0.1, -0.05) is 29.8 Å². The summed E-state index contributed by atoms with van der Waals surface area (Å²) in [6, 6.07) is 11.8. The largest absolute Gasteiger partial charge is 0.457 e. The maximum atomic E-state index is 13.4. The Kier molecular flexibility index (Phi) is 5.06. The molecule has 0 aliphatic heterocycles. The van der Waals surface area contributed by atoms with Crippen LogP contribution in [0.4, 0.5) is 0 Å². The molecule has 4 bridgehead atoms. The summed E-state index contributed by atoms with van der Waals surface area (Å²) in [6.45, 7) is 2.06. The van der Waals surface area contributed by atoms with Gasteiger partial charge in [0.15, 0.2) is 0 Å². The number of furan rings is 1. The second-order valence-electron chi connectivity index (χ2n) is 10.5. The van der Waals surface area contributed by atoms with Crippen LogP contribution in [0.1, 0.15) is 55.4 Å². The first kappa shape index (κ1) is 21.7. The third kappa shape index (κ3) is 3.50. The highest BCUT2D eigenvalue weighted by Crippen LogP contribution is 2.66. The number of rotatable bonds is 6. The molecule has 0 spiro atoms. The summed E-state index contributed by atoms with van der Waals surface area (Å²) in [5.41, 5.74) is 2.23. The Hall–Kier alpha value is -2.12. The molecule has 4 aliphatic rings. The summed E-state index contributed by atoms with van der Waals surface area (Å²) in [7, 11) is -0.741. The van der Waals surface area contributed by atoms with Crippen LogP contribution < -0.4 is 0 Å². The topological polar surface area (TPSA) is 76.8 Å². The van der Waals surface area contributed by atoms with Gasteiger partial charge in [0.2, 0.25) is 5.09 Å². The Labute approximate surface area is 190 Å². The number of esters is 1.